The van der Waals surface area contributed by atoms with Crippen LogP contribution in [0.5, 0.6) is 11.5 Å². The van der Waals surface area contributed by atoms with Gasteiger partial charge in [-0.3, -0.25) is 4.40 Å². The van der Waals surface area contributed by atoms with Gasteiger partial charge >= 0.3 is 5.97 Å². The van der Waals surface area contributed by atoms with Crippen molar-refractivity contribution in [3.63, 3.8) is 0 Å². The second-order valence-electron chi connectivity index (χ2n) is 7.23. The van der Waals surface area contributed by atoms with Crippen molar-refractivity contribution in [3.05, 3.63) is 77.6 Å². The molecular formula is C25H19N3O4. The summed E-state index contributed by atoms with van der Waals surface area (Å²) < 4.78 is 12.9. The molecule has 3 aromatic heterocycles. The molecule has 5 rings (SSSR count). The van der Waals surface area contributed by atoms with E-state index in [9.17, 15) is 9.90 Å². The normalized spacial score (nSPS) is 11.6. The first-order valence-corrected chi connectivity index (χ1v) is 9.93. The number of rotatable bonds is 5. The van der Waals surface area contributed by atoms with E-state index in [1.807, 2.05) is 54.6 Å². The van der Waals surface area contributed by atoms with Crippen molar-refractivity contribution in [3.8, 4) is 11.5 Å². The Morgan fingerprint density at radius 2 is 1.81 bits per heavy atom. The molecule has 1 N–H and O–H groups in total. The van der Waals surface area contributed by atoms with Crippen LogP contribution >= 0.6 is 0 Å². The highest BCUT2D eigenvalue weighted by Crippen LogP contribution is 2.37. The van der Waals surface area contributed by atoms with Crippen molar-refractivity contribution in [2.45, 2.75) is 0 Å². The Kier molecular flexibility index (Phi) is 4.71. The average molecular weight is 425 g/mol. The first kappa shape index (κ1) is 19.6. The molecule has 7 nitrogen and oxygen atoms in total. The van der Waals surface area contributed by atoms with Crippen LogP contribution in [0.2, 0.25) is 0 Å². The number of imidazole rings is 1. The van der Waals surface area contributed by atoms with Crippen molar-refractivity contribution in [2.24, 2.45) is 0 Å². The van der Waals surface area contributed by atoms with E-state index in [4.69, 9.17) is 19.4 Å². The molecule has 0 saturated heterocycles. The molecule has 7 heteroatoms. The summed E-state index contributed by atoms with van der Waals surface area (Å²) in [4.78, 5) is 21.0. The Labute approximate surface area is 183 Å². The molecule has 0 spiro atoms. The molecule has 0 fully saturated rings. The van der Waals surface area contributed by atoms with Crippen LogP contribution in [0.25, 0.3) is 39.7 Å². The number of ether oxygens (including phenoxy) is 2. The minimum atomic E-state index is -1.01. The highest BCUT2D eigenvalue weighted by Gasteiger charge is 2.18. The molecule has 158 valence electrons. The summed E-state index contributed by atoms with van der Waals surface area (Å²) in [6.07, 6.45) is 5.61. The predicted molar refractivity (Wildman–Crippen MR) is 123 cm³/mol. The lowest BCUT2D eigenvalue weighted by Crippen LogP contribution is -1.98. The number of benzene rings is 2. The van der Waals surface area contributed by atoms with Gasteiger partial charge in [0.15, 0.2) is 5.65 Å². The molecule has 0 bridgehead atoms. The Hall–Kier alpha value is -4.39. The van der Waals surface area contributed by atoms with E-state index in [-0.39, 0.29) is 5.56 Å². The minimum Gasteiger partial charge on any atom is -0.497 e. The van der Waals surface area contributed by atoms with E-state index in [0.717, 1.165) is 16.3 Å². The second kappa shape index (κ2) is 7.70. The Balaban J connectivity index is 1.87. The van der Waals surface area contributed by atoms with Crippen LogP contribution in [-0.2, 0) is 0 Å². The van der Waals surface area contributed by atoms with Crippen LogP contribution in [0.3, 0.4) is 0 Å². The fraction of sp³-hybridized carbons (Fsp3) is 0.0800. The van der Waals surface area contributed by atoms with Crippen LogP contribution in [0.15, 0.2) is 60.8 Å². The molecule has 0 atom stereocenters. The molecule has 32 heavy (non-hydrogen) atoms. The average Bonchev–Trinajstić information content (AvgIpc) is 3.20. The van der Waals surface area contributed by atoms with Gasteiger partial charge in [-0.1, -0.05) is 36.4 Å². The second-order valence-corrected chi connectivity index (χ2v) is 7.23. The number of carboxylic acids is 1. The highest BCUT2D eigenvalue weighted by molar-refractivity contribution is 6.10. The summed E-state index contributed by atoms with van der Waals surface area (Å²) in [7, 11) is 3.20. The van der Waals surface area contributed by atoms with Gasteiger partial charge in [-0.15, -0.1) is 0 Å². The number of carbonyl (C=O) groups is 1. The van der Waals surface area contributed by atoms with Gasteiger partial charge < -0.3 is 14.6 Å². The Bertz CT molecular complexity index is 1520. The van der Waals surface area contributed by atoms with Gasteiger partial charge in [-0.25, -0.2) is 14.8 Å². The van der Waals surface area contributed by atoms with Crippen molar-refractivity contribution in [1.29, 1.82) is 0 Å². The lowest BCUT2D eigenvalue weighted by molar-refractivity contribution is 0.0697. The number of nitrogens with zero attached hydrogens (tertiary/aromatic N) is 3. The number of methoxy groups -OCH3 is 2. The van der Waals surface area contributed by atoms with E-state index in [1.54, 1.807) is 24.8 Å². The Morgan fingerprint density at radius 3 is 2.53 bits per heavy atom. The smallest absolute Gasteiger partial charge is 0.335 e. The van der Waals surface area contributed by atoms with Crippen molar-refractivity contribution in [1.82, 2.24) is 14.4 Å². The van der Waals surface area contributed by atoms with Crippen LogP contribution in [-0.4, -0.2) is 39.7 Å². The van der Waals surface area contributed by atoms with E-state index in [1.165, 1.54) is 12.1 Å². The van der Waals surface area contributed by atoms with Gasteiger partial charge in [0, 0.05) is 17.6 Å². The third-order valence-electron chi connectivity index (χ3n) is 5.35. The summed E-state index contributed by atoms with van der Waals surface area (Å²) in [6.45, 7) is 0. The molecule has 3 heterocycles. The van der Waals surface area contributed by atoms with Gasteiger partial charge in [-0.05, 0) is 29.8 Å². The van der Waals surface area contributed by atoms with E-state index < -0.39 is 5.97 Å². The number of hydrogen-bond acceptors (Lipinski definition) is 5. The first-order valence-electron chi connectivity index (χ1n) is 9.93. The van der Waals surface area contributed by atoms with Crippen molar-refractivity contribution in [2.75, 3.05) is 14.2 Å². The van der Waals surface area contributed by atoms with E-state index in [2.05, 4.69) is 0 Å². The summed E-state index contributed by atoms with van der Waals surface area (Å²) in [6, 6.07) is 16.7. The lowest BCUT2D eigenvalue weighted by Gasteiger charge is -2.11. The molecule has 0 saturated carbocycles. The fourth-order valence-corrected chi connectivity index (χ4v) is 3.80. The maximum absolute atomic E-state index is 11.4. The quantitative estimate of drug-likeness (QED) is 0.430. The van der Waals surface area contributed by atoms with Crippen LogP contribution < -0.4 is 9.47 Å². The minimum absolute atomic E-state index is 0.163. The zero-order chi connectivity index (χ0) is 22.2. The van der Waals surface area contributed by atoms with E-state index in [0.29, 0.717) is 34.0 Å². The van der Waals surface area contributed by atoms with E-state index >= 15 is 0 Å². The van der Waals surface area contributed by atoms with Crippen molar-refractivity contribution >= 4 is 45.7 Å². The third kappa shape index (κ3) is 3.20. The number of aromatic carboxylic acids is 1. The SMILES string of the molecule is COc1cc(OC)c2c(/C=C/c3ccccc3)nc3c(nc4cc(C(=O)O)ccn43)c2c1. The Morgan fingerprint density at radius 1 is 1.00 bits per heavy atom. The molecular weight excluding hydrogens is 406 g/mol. The molecule has 2 aromatic carbocycles. The molecule has 0 unspecified atom stereocenters. The molecule has 5 aromatic rings. The van der Waals surface area contributed by atoms with Gasteiger partial charge in [-0.2, -0.15) is 0 Å². The largest absolute Gasteiger partial charge is 0.497 e. The number of carboxylic acid groups (broad SMARTS) is 1. The first-order chi connectivity index (χ1) is 15.6. The summed E-state index contributed by atoms with van der Waals surface area (Å²) >= 11 is 0. The number of hydrogen-bond donors (Lipinski definition) is 1. The number of fused-ring (bicyclic) bond motifs is 5. The maximum atomic E-state index is 11.4. The number of aromatic nitrogens is 3. The lowest BCUT2D eigenvalue weighted by atomic mass is 10.1. The standard InChI is InChI=1S/C25H19N3O4/c1-31-17-13-18-22(20(14-17)32-2)19(9-8-15-6-4-3-5-7-15)26-24-23(18)27-21-12-16(25(29)30)10-11-28(21)24/h3-14H,1-2H3,(H,29,30)/b9-8+. The van der Waals surface area contributed by atoms with Crippen molar-refractivity contribution < 1.29 is 19.4 Å². The van der Waals surface area contributed by atoms with Gasteiger partial charge in [0.25, 0.3) is 0 Å². The summed E-state index contributed by atoms with van der Waals surface area (Å²) in [5.74, 6) is 0.236. The van der Waals surface area contributed by atoms with Gasteiger partial charge in [0.1, 0.15) is 22.7 Å². The highest BCUT2D eigenvalue weighted by atomic mass is 16.5. The monoisotopic (exact) mass is 425 g/mol. The molecule has 0 aliphatic heterocycles. The fourth-order valence-electron chi connectivity index (χ4n) is 3.80. The predicted octanol–water partition coefficient (Wildman–Crippen LogP) is 4.92. The molecule has 0 aliphatic carbocycles. The van der Waals surface area contributed by atoms with Gasteiger partial charge in [0.2, 0.25) is 0 Å². The van der Waals surface area contributed by atoms with Gasteiger partial charge in [0.05, 0.1) is 30.9 Å². The molecule has 0 aliphatic rings. The molecule has 0 radical (unpaired) electrons. The third-order valence-corrected chi connectivity index (χ3v) is 5.35. The zero-order valence-electron chi connectivity index (χ0n) is 17.4. The van der Waals surface area contributed by atoms with Crippen LogP contribution in [0, 0.1) is 0 Å². The topological polar surface area (TPSA) is 86.0 Å². The van der Waals surface area contributed by atoms with Crippen LogP contribution in [0.1, 0.15) is 21.6 Å². The number of pyridine rings is 2. The zero-order valence-corrected chi connectivity index (χ0v) is 17.4. The summed E-state index contributed by atoms with van der Waals surface area (Å²) in [5, 5.41) is 11.0. The maximum Gasteiger partial charge on any atom is 0.335 e. The van der Waals surface area contributed by atoms with Crippen LogP contribution in [0.4, 0.5) is 0 Å². The molecule has 0 amide bonds. The summed E-state index contributed by atoms with van der Waals surface area (Å²) in [5.41, 5.74) is 3.67.